The summed E-state index contributed by atoms with van der Waals surface area (Å²) in [6.07, 6.45) is 2.41. The number of hydrogen-bond acceptors (Lipinski definition) is 2. The molecule has 10 heavy (non-hydrogen) atoms. The fourth-order valence-corrected chi connectivity index (χ4v) is 2.41. The number of nitrogens with zero attached hydrogens (tertiary/aromatic N) is 1. The summed E-state index contributed by atoms with van der Waals surface area (Å²) in [5.74, 6) is 0.855. The molecule has 1 N–H and O–H groups in total. The highest BCUT2D eigenvalue weighted by molar-refractivity contribution is 5.10. The van der Waals surface area contributed by atoms with Gasteiger partial charge in [-0.2, -0.15) is 0 Å². The summed E-state index contributed by atoms with van der Waals surface area (Å²) in [7, 11) is 2.17. The van der Waals surface area contributed by atoms with E-state index >= 15 is 0 Å². The first-order valence-corrected chi connectivity index (χ1v) is 4.06. The topological polar surface area (TPSA) is 23.5 Å². The first kappa shape index (κ1) is 6.62. The molecule has 58 valence electrons. The predicted molar refractivity (Wildman–Crippen MR) is 39.7 cm³/mol. The van der Waals surface area contributed by atoms with Crippen molar-refractivity contribution in [3.8, 4) is 0 Å². The van der Waals surface area contributed by atoms with E-state index < -0.39 is 0 Å². The molecule has 0 bridgehead atoms. The first-order valence-electron chi connectivity index (χ1n) is 4.06. The second-order valence-electron chi connectivity index (χ2n) is 3.95. The van der Waals surface area contributed by atoms with Gasteiger partial charge in [-0.3, -0.25) is 0 Å². The van der Waals surface area contributed by atoms with Crippen LogP contribution in [-0.4, -0.2) is 36.8 Å². The molecule has 2 fully saturated rings. The zero-order valence-corrected chi connectivity index (χ0v) is 6.51. The highest BCUT2D eigenvalue weighted by atomic mass is 16.3. The average Bonchev–Trinajstić information content (AvgIpc) is 2.43. The van der Waals surface area contributed by atoms with Gasteiger partial charge in [0.25, 0.3) is 0 Å². The summed E-state index contributed by atoms with van der Waals surface area (Å²) in [6, 6.07) is 0. The van der Waals surface area contributed by atoms with Gasteiger partial charge in [-0.05, 0) is 31.2 Å². The van der Waals surface area contributed by atoms with Gasteiger partial charge in [0.05, 0.1) is 0 Å². The van der Waals surface area contributed by atoms with Crippen molar-refractivity contribution in [1.82, 2.24) is 4.90 Å². The van der Waals surface area contributed by atoms with Crippen molar-refractivity contribution >= 4 is 0 Å². The van der Waals surface area contributed by atoms with Crippen molar-refractivity contribution < 1.29 is 5.11 Å². The number of aliphatic hydroxyl groups is 1. The number of aliphatic hydroxyl groups excluding tert-OH is 1. The van der Waals surface area contributed by atoms with Crippen LogP contribution in [0.15, 0.2) is 0 Å². The van der Waals surface area contributed by atoms with Gasteiger partial charge < -0.3 is 10.0 Å². The van der Waals surface area contributed by atoms with Crippen LogP contribution < -0.4 is 0 Å². The molecule has 1 heterocycles. The van der Waals surface area contributed by atoms with E-state index in [9.17, 15) is 0 Å². The van der Waals surface area contributed by atoms with Crippen molar-refractivity contribution in [2.45, 2.75) is 12.8 Å². The minimum Gasteiger partial charge on any atom is -0.396 e. The van der Waals surface area contributed by atoms with Crippen molar-refractivity contribution in [1.29, 1.82) is 0 Å². The van der Waals surface area contributed by atoms with E-state index in [0.29, 0.717) is 12.0 Å². The smallest absolute Gasteiger partial charge is 0.0433 e. The molecule has 1 aliphatic carbocycles. The Hall–Kier alpha value is -0.0800. The Balaban J connectivity index is 1.79. The Morgan fingerprint density at radius 3 is 2.80 bits per heavy atom. The summed E-state index contributed by atoms with van der Waals surface area (Å²) in [5.41, 5.74) is 0.678. The summed E-state index contributed by atoms with van der Waals surface area (Å²) in [6.45, 7) is 2.94. The Labute approximate surface area is 61.8 Å². The molecule has 0 aromatic rings. The van der Waals surface area contributed by atoms with Gasteiger partial charge in [0.1, 0.15) is 0 Å². The molecular formula is C8H15NO. The third kappa shape index (κ3) is 0.789. The van der Waals surface area contributed by atoms with Crippen molar-refractivity contribution in [2.24, 2.45) is 11.3 Å². The monoisotopic (exact) mass is 141 g/mol. The molecule has 2 rings (SSSR count). The van der Waals surface area contributed by atoms with Crippen LogP contribution in [0.1, 0.15) is 12.8 Å². The van der Waals surface area contributed by atoms with E-state index in [1.807, 2.05) is 0 Å². The molecule has 2 heteroatoms. The van der Waals surface area contributed by atoms with E-state index in [-0.39, 0.29) is 0 Å². The Kier molecular flexibility index (Phi) is 1.29. The third-order valence-electron chi connectivity index (χ3n) is 3.01. The quantitative estimate of drug-likeness (QED) is 0.598. The molecule has 1 atom stereocenters. The molecule has 0 amide bonds. The van der Waals surface area contributed by atoms with E-state index in [4.69, 9.17) is 5.11 Å². The fourth-order valence-electron chi connectivity index (χ4n) is 2.41. The molecule has 1 spiro atoms. The maximum atomic E-state index is 8.68. The van der Waals surface area contributed by atoms with Gasteiger partial charge in [-0.1, -0.05) is 0 Å². The van der Waals surface area contributed by atoms with Gasteiger partial charge >= 0.3 is 0 Å². The van der Waals surface area contributed by atoms with E-state index in [2.05, 4.69) is 11.9 Å². The molecule has 2 aliphatic rings. The zero-order chi connectivity index (χ0) is 7.19. The Bertz CT molecular complexity index is 140. The van der Waals surface area contributed by atoms with Crippen LogP contribution in [0, 0.1) is 11.3 Å². The zero-order valence-electron chi connectivity index (χ0n) is 6.51. The van der Waals surface area contributed by atoms with Crippen LogP contribution in [-0.2, 0) is 0 Å². The molecule has 0 aromatic carbocycles. The lowest BCUT2D eigenvalue weighted by molar-refractivity contribution is 0.0938. The fraction of sp³-hybridized carbons (Fsp3) is 1.00. The number of likely N-dealkylation sites (tertiary alicyclic amines) is 1. The van der Waals surface area contributed by atoms with Gasteiger partial charge in [-0.25, -0.2) is 0 Å². The highest BCUT2D eigenvalue weighted by Gasteiger charge is 2.59. The lowest BCUT2D eigenvalue weighted by atomic mass is 9.93. The van der Waals surface area contributed by atoms with E-state index in [1.54, 1.807) is 0 Å². The van der Waals surface area contributed by atoms with Crippen LogP contribution in [0.4, 0.5) is 0 Å². The Morgan fingerprint density at radius 2 is 2.30 bits per heavy atom. The lowest BCUT2D eigenvalue weighted by Gasteiger charge is -2.38. The van der Waals surface area contributed by atoms with Crippen molar-refractivity contribution in [3.63, 3.8) is 0 Å². The van der Waals surface area contributed by atoms with Gasteiger partial charge in [0.2, 0.25) is 0 Å². The minimum atomic E-state index is 0.385. The van der Waals surface area contributed by atoms with Crippen molar-refractivity contribution in [2.75, 3.05) is 26.7 Å². The maximum Gasteiger partial charge on any atom is 0.0433 e. The summed E-state index contributed by atoms with van der Waals surface area (Å²) in [5, 5.41) is 8.68. The van der Waals surface area contributed by atoms with Crippen LogP contribution in [0.25, 0.3) is 0 Å². The summed E-state index contributed by atoms with van der Waals surface area (Å²) < 4.78 is 0. The third-order valence-corrected chi connectivity index (χ3v) is 3.01. The molecule has 0 aromatic heterocycles. The molecule has 2 nitrogen and oxygen atoms in total. The second kappa shape index (κ2) is 1.95. The SMILES string of the molecule is CN1CC2(CC2CCO)C1. The number of hydrogen-bond donors (Lipinski definition) is 1. The van der Waals surface area contributed by atoms with Gasteiger partial charge in [0.15, 0.2) is 0 Å². The highest BCUT2D eigenvalue weighted by Crippen LogP contribution is 2.59. The largest absolute Gasteiger partial charge is 0.396 e. The molecule has 0 radical (unpaired) electrons. The standard InChI is InChI=1S/C8H15NO/c1-9-5-8(6-9)4-7(8)2-3-10/h7,10H,2-6H2,1H3. The summed E-state index contributed by atoms with van der Waals surface area (Å²) >= 11 is 0. The Morgan fingerprint density at radius 1 is 1.60 bits per heavy atom. The van der Waals surface area contributed by atoms with Crippen molar-refractivity contribution in [3.05, 3.63) is 0 Å². The molecule has 1 unspecified atom stereocenters. The van der Waals surface area contributed by atoms with E-state index in [1.165, 1.54) is 19.5 Å². The molecule has 1 saturated carbocycles. The van der Waals surface area contributed by atoms with Crippen LogP contribution in [0.3, 0.4) is 0 Å². The normalized spacial score (nSPS) is 36.0. The van der Waals surface area contributed by atoms with Crippen LogP contribution in [0.2, 0.25) is 0 Å². The molecule has 1 aliphatic heterocycles. The predicted octanol–water partition coefficient (Wildman–Crippen LogP) is 0.321. The maximum absolute atomic E-state index is 8.68. The molecule has 1 saturated heterocycles. The van der Waals surface area contributed by atoms with Gasteiger partial charge in [-0.15, -0.1) is 0 Å². The van der Waals surface area contributed by atoms with Crippen LogP contribution >= 0.6 is 0 Å². The second-order valence-corrected chi connectivity index (χ2v) is 3.95. The van der Waals surface area contributed by atoms with Crippen LogP contribution in [0.5, 0.6) is 0 Å². The lowest BCUT2D eigenvalue weighted by Crippen LogP contribution is -2.46. The molecular weight excluding hydrogens is 126 g/mol. The minimum absolute atomic E-state index is 0.385. The first-order chi connectivity index (χ1) is 4.77. The van der Waals surface area contributed by atoms with E-state index in [0.717, 1.165) is 12.3 Å². The summed E-state index contributed by atoms with van der Waals surface area (Å²) in [4.78, 5) is 2.36. The number of rotatable bonds is 2. The average molecular weight is 141 g/mol. The van der Waals surface area contributed by atoms with Gasteiger partial charge in [0, 0.05) is 19.7 Å².